The van der Waals surface area contributed by atoms with Crippen LogP contribution in [0.4, 0.5) is 0 Å². The minimum Gasteiger partial charge on any atom is -0.373 e. The summed E-state index contributed by atoms with van der Waals surface area (Å²) in [5.74, 6) is 0. The highest BCUT2D eigenvalue weighted by Crippen LogP contribution is 2.51. The zero-order valence-electron chi connectivity index (χ0n) is 32.6. The highest BCUT2D eigenvalue weighted by molar-refractivity contribution is 9.26. The Morgan fingerprint density at radius 1 is 0.333 bits per heavy atom. The van der Waals surface area contributed by atoms with Gasteiger partial charge in [-0.1, -0.05) is 151 Å². The minimum absolute atomic E-state index is 0.198. The molecule has 6 nitrogen and oxygen atoms in total. The van der Waals surface area contributed by atoms with Gasteiger partial charge in [0.1, 0.15) is 0 Å². The first-order chi connectivity index (χ1) is 23.5. The maximum absolute atomic E-state index is 6.44. The van der Waals surface area contributed by atoms with Crippen molar-refractivity contribution in [2.75, 3.05) is 39.6 Å². The molecule has 0 saturated heterocycles. The lowest BCUT2D eigenvalue weighted by atomic mass is 10.1. The molecule has 290 valence electrons. The fourth-order valence-corrected chi connectivity index (χ4v) is 23.7. The lowest BCUT2D eigenvalue weighted by molar-refractivity contribution is 0.0679. The van der Waals surface area contributed by atoms with Crippen LogP contribution in [0.15, 0.2) is 0 Å². The van der Waals surface area contributed by atoms with Crippen LogP contribution in [-0.4, -0.2) is 67.0 Å². The molecular weight excluding hydrogens is 713 g/mol. The van der Waals surface area contributed by atoms with Gasteiger partial charge in [-0.15, -0.1) is 0 Å². The molecule has 0 aromatic rings. The van der Waals surface area contributed by atoms with Crippen LogP contribution in [0.1, 0.15) is 184 Å². The summed E-state index contributed by atoms with van der Waals surface area (Å²) in [6, 6.07) is 0. The Labute approximate surface area is 316 Å². The maximum atomic E-state index is 6.44. The average Bonchev–Trinajstić information content (AvgIpc) is 3.07. The molecule has 0 heterocycles. The molecule has 0 aromatic heterocycles. The van der Waals surface area contributed by atoms with Gasteiger partial charge < -0.3 is 26.6 Å². The van der Waals surface area contributed by atoms with E-state index in [1.54, 1.807) is 0 Å². The van der Waals surface area contributed by atoms with Crippen LogP contribution in [0, 0.1) is 0 Å². The van der Waals surface area contributed by atoms with Crippen LogP contribution < -0.4 is 0 Å². The zero-order valence-corrected chi connectivity index (χ0v) is 37.9. The molecule has 12 heteroatoms. The zero-order chi connectivity index (χ0) is 35.6. The first kappa shape index (κ1) is 49.6. The van der Waals surface area contributed by atoms with E-state index in [9.17, 15) is 0 Å². The summed E-state index contributed by atoms with van der Waals surface area (Å²) in [6.45, 7) is 20.6. The van der Waals surface area contributed by atoms with Crippen molar-refractivity contribution >= 4 is 58.8 Å². The van der Waals surface area contributed by atoms with Crippen molar-refractivity contribution in [1.29, 1.82) is 0 Å². The van der Waals surface area contributed by atoms with Gasteiger partial charge in [-0.3, -0.25) is 0 Å². The van der Waals surface area contributed by atoms with Crippen molar-refractivity contribution in [2.24, 2.45) is 0 Å². The standard InChI is InChI=1S/C36H78O6S4Si2/c1-9-17-19-21-23-25-27-29-31-33-35(47(37-11-3,38-12-4)39-13-5)43-45-46-44-36(48(40-14-6,41-15-7)42-16-8)34-32-30-28-26-24-22-20-18-10-2/h35-36H,9-34H2,1-8H3. The molecule has 0 rings (SSSR count). The van der Waals surface area contributed by atoms with Gasteiger partial charge in [0.15, 0.2) is 0 Å². The molecule has 0 aromatic carbocycles. The lowest BCUT2D eigenvalue weighted by Crippen LogP contribution is -2.55. The van der Waals surface area contributed by atoms with Gasteiger partial charge >= 0.3 is 17.6 Å². The van der Waals surface area contributed by atoms with Crippen LogP contribution in [0.3, 0.4) is 0 Å². The van der Waals surface area contributed by atoms with Gasteiger partial charge in [-0.2, -0.15) is 0 Å². The number of hydrogen-bond acceptors (Lipinski definition) is 10. The van der Waals surface area contributed by atoms with Crippen molar-refractivity contribution in [3.8, 4) is 0 Å². The fourth-order valence-electron chi connectivity index (χ4n) is 5.99. The fraction of sp³-hybridized carbons (Fsp3) is 1.00. The Bertz CT molecular complexity index is 586. The Balaban J connectivity index is 5.45. The van der Waals surface area contributed by atoms with Gasteiger partial charge in [0.05, 0.1) is 9.75 Å². The average molecular weight is 791 g/mol. The molecule has 0 bridgehead atoms. The molecule has 0 N–H and O–H groups in total. The van der Waals surface area contributed by atoms with E-state index >= 15 is 0 Å². The van der Waals surface area contributed by atoms with Crippen molar-refractivity contribution in [1.82, 2.24) is 0 Å². The first-order valence-corrected chi connectivity index (χ1v) is 28.5. The molecule has 0 radical (unpaired) electrons. The lowest BCUT2D eigenvalue weighted by Gasteiger charge is -2.35. The van der Waals surface area contributed by atoms with E-state index in [0.717, 1.165) is 12.8 Å². The van der Waals surface area contributed by atoms with E-state index in [1.807, 2.05) is 41.2 Å². The smallest absolute Gasteiger partial charge is 0.373 e. The van der Waals surface area contributed by atoms with Gasteiger partial charge in [0.2, 0.25) is 0 Å². The monoisotopic (exact) mass is 790 g/mol. The SMILES string of the molecule is CCCCCCCCCCCC(SSSSC(CCCCCCCCCCC)[Si](OCC)(OCC)OCC)[Si](OCC)(OCC)OCC. The van der Waals surface area contributed by atoms with Gasteiger partial charge in [0, 0.05) is 39.6 Å². The van der Waals surface area contributed by atoms with Gasteiger partial charge in [-0.05, 0) is 74.0 Å². The predicted molar refractivity (Wildman–Crippen MR) is 223 cm³/mol. The Kier molecular flexibility index (Phi) is 36.8. The molecule has 0 spiro atoms. The Morgan fingerprint density at radius 2 is 0.562 bits per heavy atom. The summed E-state index contributed by atoms with van der Waals surface area (Å²) in [5.41, 5.74) is 0. The molecule has 2 atom stereocenters. The quantitative estimate of drug-likeness (QED) is 0.0342. The predicted octanol–water partition coefficient (Wildman–Crippen LogP) is 13.4. The van der Waals surface area contributed by atoms with Crippen LogP contribution in [0.5, 0.6) is 0 Å². The number of rotatable bonds is 39. The second kappa shape index (κ2) is 35.6. The Morgan fingerprint density at radius 3 is 0.792 bits per heavy atom. The van der Waals surface area contributed by atoms with Crippen LogP contribution in [-0.2, 0) is 26.6 Å². The van der Waals surface area contributed by atoms with E-state index in [2.05, 4.69) is 55.4 Å². The van der Waals surface area contributed by atoms with Crippen LogP contribution >= 0.6 is 41.2 Å². The summed E-state index contributed by atoms with van der Waals surface area (Å²) in [5, 5.41) is 0. The summed E-state index contributed by atoms with van der Waals surface area (Å²) in [6.07, 6.45) is 26.0. The van der Waals surface area contributed by atoms with E-state index in [4.69, 9.17) is 26.6 Å². The van der Waals surface area contributed by atoms with Crippen molar-refractivity contribution in [3.05, 3.63) is 0 Å². The molecule has 2 unspecified atom stereocenters. The highest BCUT2D eigenvalue weighted by atomic mass is 33.7. The molecule has 0 aliphatic carbocycles. The second-order valence-electron chi connectivity index (χ2n) is 12.3. The van der Waals surface area contributed by atoms with E-state index in [-0.39, 0.29) is 9.75 Å². The summed E-state index contributed by atoms with van der Waals surface area (Å²) >= 11 is 0. The molecule has 0 fully saturated rings. The molecule has 0 amide bonds. The van der Waals surface area contributed by atoms with E-state index < -0.39 is 17.6 Å². The van der Waals surface area contributed by atoms with Crippen molar-refractivity contribution in [2.45, 2.75) is 194 Å². The van der Waals surface area contributed by atoms with Crippen molar-refractivity contribution in [3.63, 3.8) is 0 Å². The highest BCUT2D eigenvalue weighted by Gasteiger charge is 2.51. The Hall–Kier alpha value is 1.59. The topological polar surface area (TPSA) is 55.4 Å². The van der Waals surface area contributed by atoms with Crippen LogP contribution in [0.2, 0.25) is 0 Å². The largest absolute Gasteiger partial charge is 0.515 e. The number of unbranched alkanes of at least 4 members (excludes halogenated alkanes) is 16. The summed E-state index contributed by atoms with van der Waals surface area (Å²) in [4.78, 5) is 0.395. The summed E-state index contributed by atoms with van der Waals surface area (Å²) < 4.78 is 38.6. The van der Waals surface area contributed by atoms with Crippen molar-refractivity contribution < 1.29 is 26.6 Å². The first-order valence-electron chi connectivity index (χ1n) is 20.0. The third kappa shape index (κ3) is 23.3. The molecule has 0 aliphatic heterocycles. The molecule has 48 heavy (non-hydrogen) atoms. The normalized spacial score (nSPS) is 13.8. The second-order valence-corrected chi connectivity index (χ2v) is 24.9. The summed E-state index contributed by atoms with van der Waals surface area (Å²) in [7, 11) is 1.78. The van der Waals surface area contributed by atoms with E-state index in [0.29, 0.717) is 39.6 Å². The van der Waals surface area contributed by atoms with Crippen LogP contribution in [0.25, 0.3) is 0 Å². The molecule has 0 saturated carbocycles. The maximum Gasteiger partial charge on any atom is 0.515 e. The minimum atomic E-state index is -2.86. The third-order valence-electron chi connectivity index (χ3n) is 8.34. The van der Waals surface area contributed by atoms with E-state index in [1.165, 1.54) is 116 Å². The molecular formula is C36H78O6S4Si2. The number of hydrogen-bond donors (Lipinski definition) is 0. The third-order valence-corrected chi connectivity index (χ3v) is 24.7. The molecule has 0 aliphatic rings. The van der Waals surface area contributed by atoms with Gasteiger partial charge in [0.25, 0.3) is 0 Å². The van der Waals surface area contributed by atoms with Gasteiger partial charge in [-0.25, -0.2) is 0 Å².